The van der Waals surface area contributed by atoms with Crippen molar-refractivity contribution in [2.24, 2.45) is 0 Å². The normalized spacial score (nSPS) is 25.5. The summed E-state index contributed by atoms with van der Waals surface area (Å²) < 4.78 is 70.3. The van der Waals surface area contributed by atoms with Crippen molar-refractivity contribution in [1.82, 2.24) is 0 Å². The lowest BCUT2D eigenvalue weighted by Gasteiger charge is -2.24. The van der Waals surface area contributed by atoms with Crippen LogP contribution in [-0.4, -0.2) is 26.2 Å². The van der Waals surface area contributed by atoms with E-state index >= 15 is 0 Å². The van der Waals surface area contributed by atoms with Crippen LogP contribution in [-0.2, 0) is 19.6 Å². The van der Waals surface area contributed by atoms with Crippen LogP contribution in [0.2, 0.25) is 5.02 Å². The van der Waals surface area contributed by atoms with Gasteiger partial charge in [0.2, 0.25) is 10.0 Å². The molecular formula is C15H17ClFNO4S. The molecule has 1 N–H and O–H groups in total. The summed E-state index contributed by atoms with van der Waals surface area (Å²) in [7, 11) is -4.83. The molecule has 0 aromatic heterocycles. The second-order valence-electron chi connectivity index (χ2n) is 4.61. The fraction of sp³-hybridized carbons (Fsp3) is 0.400. The van der Waals surface area contributed by atoms with Crippen LogP contribution in [0.1, 0.15) is 30.3 Å². The van der Waals surface area contributed by atoms with Crippen LogP contribution < -0.4 is 4.72 Å². The maximum atomic E-state index is 13.2. The topological polar surface area (TPSA) is 72.5 Å². The molecule has 5 nitrogen and oxygen atoms in total. The van der Waals surface area contributed by atoms with Crippen LogP contribution in [0.4, 0.5) is 10.1 Å². The molecule has 0 heterocycles. The Bertz CT molecular complexity index is 862. The Morgan fingerprint density at radius 2 is 2.35 bits per heavy atom. The molecule has 126 valence electrons. The Labute approximate surface area is 143 Å². The summed E-state index contributed by atoms with van der Waals surface area (Å²) in [6.07, 6.45) is -1.59. The van der Waals surface area contributed by atoms with Crippen LogP contribution in [0.15, 0.2) is 29.8 Å². The quantitative estimate of drug-likeness (QED) is 0.814. The summed E-state index contributed by atoms with van der Waals surface area (Å²) >= 11 is 5.81. The van der Waals surface area contributed by atoms with Crippen LogP contribution in [0.25, 0.3) is 0 Å². The average molecular weight is 365 g/mol. The van der Waals surface area contributed by atoms with E-state index in [1.54, 1.807) is 0 Å². The Morgan fingerprint density at radius 1 is 1.61 bits per heavy atom. The number of rotatable bonds is 5. The highest BCUT2D eigenvalue weighted by atomic mass is 35.5. The third-order valence-corrected chi connectivity index (χ3v) is 4.67. The van der Waals surface area contributed by atoms with E-state index in [1.807, 2.05) is 4.72 Å². The lowest BCUT2D eigenvalue weighted by molar-refractivity contribution is -0.138. The van der Waals surface area contributed by atoms with E-state index in [0.717, 1.165) is 18.2 Å². The van der Waals surface area contributed by atoms with Crippen molar-refractivity contribution in [3.05, 3.63) is 40.7 Å². The number of hydrogen-bond donors (Lipinski definition) is 1. The molecule has 2 rings (SSSR count). The van der Waals surface area contributed by atoms with Crippen molar-refractivity contribution in [2.75, 3.05) is 11.3 Å². The standard InChI is InChI=1S/C15H17ClFNO4S/c1-2-22-15(19)11-5-3-4-6-14(11)23(20,21)18-13-8-7-10(17)9-12(13)16/h5,7-9,14,18H,2-4,6H2,1H3/t14-/m1/s1/i6D2,14D. The molecule has 0 spiro atoms. The summed E-state index contributed by atoms with van der Waals surface area (Å²) in [5, 5.41) is -3.24. The molecule has 0 bridgehead atoms. The second-order valence-corrected chi connectivity index (χ2v) is 6.64. The number of sulfonamides is 1. The lowest BCUT2D eigenvalue weighted by Crippen LogP contribution is -2.34. The summed E-state index contributed by atoms with van der Waals surface area (Å²) in [5.41, 5.74) is -0.842. The van der Waals surface area contributed by atoms with Gasteiger partial charge in [0.05, 0.1) is 24.3 Å². The Kier molecular flexibility index (Phi) is 4.39. The molecule has 23 heavy (non-hydrogen) atoms. The van der Waals surface area contributed by atoms with Gasteiger partial charge in [-0.1, -0.05) is 17.7 Å². The number of anilines is 1. The van der Waals surface area contributed by atoms with E-state index < -0.39 is 39.0 Å². The van der Waals surface area contributed by atoms with Crippen molar-refractivity contribution in [3.63, 3.8) is 0 Å². The highest BCUT2D eigenvalue weighted by Crippen LogP contribution is 2.30. The predicted octanol–water partition coefficient (Wildman–Crippen LogP) is 3.26. The fourth-order valence-electron chi connectivity index (χ4n) is 1.98. The van der Waals surface area contributed by atoms with Crippen LogP contribution >= 0.6 is 11.6 Å². The van der Waals surface area contributed by atoms with Gasteiger partial charge < -0.3 is 4.74 Å². The molecule has 1 aromatic rings. The van der Waals surface area contributed by atoms with Gasteiger partial charge in [-0.3, -0.25) is 4.72 Å². The number of esters is 1. The lowest BCUT2D eigenvalue weighted by atomic mass is 9.99. The van der Waals surface area contributed by atoms with E-state index in [1.165, 1.54) is 13.0 Å². The number of ether oxygens (including phenoxy) is 1. The highest BCUT2D eigenvalue weighted by Gasteiger charge is 2.35. The number of halogens is 2. The number of benzene rings is 1. The number of allylic oxidation sites excluding steroid dienone is 1. The van der Waals surface area contributed by atoms with Gasteiger partial charge in [-0.2, -0.15) is 0 Å². The first-order valence-electron chi connectivity index (χ1n) is 8.31. The summed E-state index contributed by atoms with van der Waals surface area (Å²) in [4.78, 5) is 12.2. The largest absolute Gasteiger partial charge is 0.463 e. The van der Waals surface area contributed by atoms with Gasteiger partial charge in [0.1, 0.15) is 11.0 Å². The van der Waals surface area contributed by atoms with E-state index in [9.17, 15) is 17.6 Å². The third-order valence-electron chi connectivity index (χ3n) is 2.96. The van der Waals surface area contributed by atoms with Crippen molar-refractivity contribution in [2.45, 2.75) is 31.4 Å². The molecule has 0 saturated heterocycles. The first-order chi connectivity index (χ1) is 12.0. The molecule has 0 fully saturated rings. The molecule has 0 unspecified atom stereocenters. The SMILES string of the molecule is [2H]C1([2H])CCC=C(C(=O)OCC)[C@]1([2H])S(=O)(=O)Nc1ccc(F)cc1Cl. The van der Waals surface area contributed by atoms with Gasteiger partial charge >= 0.3 is 5.97 Å². The molecule has 1 aliphatic carbocycles. The zero-order chi connectivity index (χ0) is 19.8. The van der Waals surface area contributed by atoms with Crippen molar-refractivity contribution in [3.8, 4) is 0 Å². The molecule has 0 aliphatic heterocycles. The van der Waals surface area contributed by atoms with Gasteiger partial charge in [-0.05, 0) is 44.3 Å². The monoisotopic (exact) mass is 364 g/mol. The van der Waals surface area contributed by atoms with Gasteiger partial charge in [-0.25, -0.2) is 17.6 Å². The minimum absolute atomic E-state index is 0.0630. The predicted molar refractivity (Wildman–Crippen MR) is 86.3 cm³/mol. The number of hydrogen-bond acceptors (Lipinski definition) is 4. The zero-order valence-electron chi connectivity index (χ0n) is 15.2. The molecule has 1 aliphatic rings. The van der Waals surface area contributed by atoms with Gasteiger partial charge in [-0.15, -0.1) is 0 Å². The molecular weight excluding hydrogens is 345 g/mol. The number of carbonyl (C=O) groups is 1. The number of nitrogens with one attached hydrogen (secondary N) is 1. The zero-order valence-corrected chi connectivity index (χ0v) is 13.8. The van der Waals surface area contributed by atoms with Gasteiger partial charge in [0, 0.05) is 2.74 Å². The average Bonchev–Trinajstić information content (AvgIpc) is 2.52. The fourth-order valence-corrected chi connectivity index (χ4v) is 3.57. The van der Waals surface area contributed by atoms with E-state index in [2.05, 4.69) is 0 Å². The highest BCUT2D eigenvalue weighted by molar-refractivity contribution is 7.93. The minimum atomic E-state index is -4.83. The van der Waals surface area contributed by atoms with Crippen molar-refractivity contribution < 1.29 is 26.5 Å². The Hall–Kier alpha value is -1.60. The van der Waals surface area contributed by atoms with Crippen LogP contribution in [0.5, 0.6) is 0 Å². The molecule has 1 atom stereocenters. The first kappa shape index (κ1) is 13.8. The maximum Gasteiger partial charge on any atom is 0.335 e. The molecule has 0 radical (unpaired) electrons. The molecule has 8 heteroatoms. The van der Waals surface area contributed by atoms with Gasteiger partial charge in [0.25, 0.3) is 0 Å². The second kappa shape index (κ2) is 7.31. The molecule has 0 amide bonds. The van der Waals surface area contributed by atoms with E-state index in [4.69, 9.17) is 20.5 Å². The van der Waals surface area contributed by atoms with E-state index in [-0.39, 0.29) is 30.2 Å². The number of carbonyl (C=O) groups excluding carboxylic acids is 1. The van der Waals surface area contributed by atoms with E-state index in [0.29, 0.717) is 0 Å². The Morgan fingerprint density at radius 3 is 3.00 bits per heavy atom. The first-order valence-corrected chi connectivity index (χ1v) is 8.67. The molecule has 0 saturated carbocycles. The minimum Gasteiger partial charge on any atom is -0.463 e. The van der Waals surface area contributed by atoms with Crippen LogP contribution in [0.3, 0.4) is 0 Å². The summed E-state index contributed by atoms with van der Waals surface area (Å²) in [5.74, 6) is -1.78. The summed E-state index contributed by atoms with van der Waals surface area (Å²) in [6.45, 7) is 1.44. The smallest absolute Gasteiger partial charge is 0.335 e. The summed E-state index contributed by atoms with van der Waals surface area (Å²) in [6, 6.07) is 2.87. The van der Waals surface area contributed by atoms with Crippen LogP contribution in [0, 0.1) is 5.82 Å². The van der Waals surface area contributed by atoms with Crippen molar-refractivity contribution in [1.29, 1.82) is 0 Å². The maximum absolute atomic E-state index is 13.2. The third kappa shape index (κ3) is 4.23. The molecule has 1 aromatic carbocycles. The van der Waals surface area contributed by atoms with Crippen molar-refractivity contribution >= 4 is 33.3 Å². The Balaban J connectivity index is 2.55. The van der Waals surface area contributed by atoms with Gasteiger partial charge in [0.15, 0.2) is 0 Å².